The first-order chi connectivity index (χ1) is 9.75. The van der Waals surface area contributed by atoms with Crippen molar-refractivity contribution in [3.63, 3.8) is 0 Å². The first kappa shape index (κ1) is 13.1. The molecule has 0 radical (unpaired) electrons. The predicted octanol–water partition coefficient (Wildman–Crippen LogP) is 3.08. The third-order valence-corrected chi connectivity index (χ3v) is 4.31. The number of aryl methyl sites for hydroxylation is 1. The van der Waals surface area contributed by atoms with Crippen LogP contribution in [0.3, 0.4) is 0 Å². The van der Waals surface area contributed by atoms with Gasteiger partial charge >= 0.3 is 6.03 Å². The minimum Gasteiger partial charge on any atom is -0.320 e. The summed E-state index contributed by atoms with van der Waals surface area (Å²) >= 11 is 1.32. The Kier molecular flexibility index (Phi) is 3.64. The molecular formula is C14H16N4OS. The summed E-state index contributed by atoms with van der Waals surface area (Å²) in [5, 5.41) is 10.9. The van der Waals surface area contributed by atoms with Crippen LogP contribution in [0.2, 0.25) is 0 Å². The minimum atomic E-state index is -0.136. The van der Waals surface area contributed by atoms with Crippen molar-refractivity contribution in [1.82, 2.24) is 15.1 Å². The lowest BCUT2D eigenvalue weighted by Gasteiger charge is -2.33. The Morgan fingerprint density at radius 2 is 2.30 bits per heavy atom. The zero-order valence-electron chi connectivity index (χ0n) is 11.2. The molecule has 1 aromatic heterocycles. The second-order valence-corrected chi connectivity index (χ2v) is 5.72. The molecule has 1 heterocycles. The Hall–Kier alpha value is -1.95. The second kappa shape index (κ2) is 5.58. The highest BCUT2D eigenvalue weighted by Gasteiger charge is 2.26. The standard InChI is InChI=1S/C14H16N4OS/c1-18(14(19)16-13-17-15-9-20-13)12-8-4-6-10-5-2-3-7-11(10)12/h2-3,5,7,9,12H,4,6,8H2,1H3,(H,16,17,19)/t12-/m1/s1. The van der Waals surface area contributed by atoms with Gasteiger partial charge in [-0.05, 0) is 30.4 Å². The number of hydrogen-bond acceptors (Lipinski definition) is 4. The molecule has 0 bridgehead atoms. The van der Waals surface area contributed by atoms with Gasteiger partial charge in [0.05, 0.1) is 6.04 Å². The van der Waals surface area contributed by atoms with Crippen molar-refractivity contribution in [2.75, 3.05) is 12.4 Å². The highest BCUT2D eigenvalue weighted by Crippen LogP contribution is 2.33. The van der Waals surface area contributed by atoms with Crippen molar-refractivity contribution in [2.24, 2.45) is 0 Å². The van der Waals surface area contributed by atoms with E-state index < -0.39 is 0 Å². The van der Waals surface area contributed by atoms with Crippen molar-refractivity contribution in [2.45, 2.75) is 25.3 Å². The van der Waals surface area contributed by atoms with Gasteiger partial charge in [-0.15, -0.1) is 10.2 Å². The van der Waals surface area contributed by atoms with E-state index in [2.05, 4.69) is 33.7 Å². The Morgan fingerprint density at radius 1 is 1.45 bits per heavy atom. The molecule has 6 heteroatoms. The average Bonchev–Trinajstić information content (AvgIpc) is 2.99. The minimum absolute atomic E-state index is 0.132. The zero-order chi connectivity index (χ0) is 13.9. The van der Waals surface area contributed by atoms with Gasteiger partial charge in [-0.1, -0.05) is 35.6 Å². The van der Waals surface area contributed by atoms with Crippen LogP contribution in [0.5, 0.6) is 0 Å². The molecule has 104 valence electrons. The molecule has 0 saturated heterocycles. The van der Waals surface area contributed by atoms with E-state index in [4.69, 9.17) is 0 Å². The van der Waals surface area contributed by atoms with Gasteiger partial charge in [-0.25, -0.2) is 4.79 Å². The second-order valence-electron chi connectivity index (χ2n) is 4.89. The molecule has 0 fully saturated rings. The lowest BCUT2D eigenvalue weighted by molar-refractivity contribution is 0.197. The molecule has 20 heavy (non-hydrogen) atoms. The first-order valence-corrected chi connectivity index (χ1v) is 7.51. The summed E-state index contributed by atoms with van der Waals surface area (Å²) in [6.45, 7) is 0. The Bertz CT molecular complexity index is 599. The lowest BCUT2D eigenvalue weighted by Crippen LogP contribution is -2.36. The molecule has 0 aliphatic heterocycles. The fraction of sp³-hybridized carbons (Fsp3) is 0.357. The summed E-state index contributed by atoms with van der Waals surface area (Å²) in [5.41, 5.74) is 4.21. The van der Waals surface area contributed by atoms with Crippen molar-refractivity contribution in [1.29, 1.82) is 0 Å². The smallest absolute Gasteiger partial charge is 0.320 e. The third kappa shape index (κ3) is 2.51. The molecule has 2 amide bonds. The van der Waals surface area contributed by atoms with Crippen LogP contribution in [0.15, 0.2) is 29.8 Å². The van der Waals surface area contributed by atoms with E-state index in [0.717, 1.165) is 19.3 Å². The van der Waals surface area contributed by atoms with Crippen LogP contribution in [-0.4, -0.2) is 28.2 Å². The highest BCUT2D eigenvalue weighted by atomic mass is 32.1. The molecular weight excluding hydrogens is 272 g/mol. The van der Waals surface area contributed by atoms with Gasteiger partial charge in [0.25, 0.3) is 0 Å². The Balaban J connectivity index is 1.77. The first-order valence-electron chi connectivity index (χ1n) is 6.63. The van der Waals surface area contributed by atoms with Crippen LogP contribution in [0.4, 0.5) is 9.93 Å². The van der Waals surface area contributed by atoms with E-state index in [9.17, 15) is 4.79 Å². The van der Waals surface area contributed by atoms with Gasteiger partial charge in [0.2, 0.25) is 5.13 Å². The summed E-state index contributed by atoms with van der Waals surface area (Å²) in [4.78, 5) is 14.0. The molecule has 5 nitrogen and oxygen atoms in total. The summed E-state index contributed by atoms with van der Waals surface area (Å²) in [6.07, 6.45) is 3.20. The number of hydrogen-bond donors (Lipinski definition) is 1. The van der Waals surface area contributed by atoms with E-state index in [1.807, 2.05) is 13.1 Å². The van der Waals surface area contributed by atoms with E-state index >= 15 is 0 Å². The summed E-state index contributed by atoms with van der Waals surface area (Å²) in [5.74, 6) is 0. The van der Waals surface area contributed by atoms with Crippen molar-refractivity contribution < 1.29 is 4.79 Å². The van der Waals surface area contributed by atoms with Gasteiger partial charge in [-0.3, -0.25) is 5.32 Å². The number of rotatable bonds is 2. The topological polar surface area (TPSA) is 58.1 Å². The molecule has 1 N–H and O–H groups in total. The number of anilines is 1. The van der Waals surface area contributed by atoms with Crippen molar-refractivity contribution >= 4 is 22.5 Å². The van der Waals surface area contributed by atoms with Gasteiger partial charge < -0.3 is 4.90 Å². The largest absolute Gasteiger partial charge is 0.323 e. The Morgan fingerprint density at radius 3 is 3.10 bits per heavy atom. The lowest BCUT2D eigenvalue weighted by atomic mass is 9.87. The van der Waals surface area contributed by atoms with E-state index in [1.54, 1.807) is 10.4 Å². The van der Waals surface area contributed by atoms with Gasteiger partial charge in [-0.2, -0.15) is 0 Å². The monoisotopic (exact) mass is 288 g/mol. The van der Waals surface area contributed by atoms with Gasteiger partial charge in [0, 0.05) is 7.05 Å². The highest BCUT2D eigenvalue weighted by molar-refractivity contribution is 7.13. The van der Waals surface area contributed by atoms with Crippen LogP contribution in [0.1, 0.15) is 30.0 Å². The SMILES string of the molecule is CN(C(=O)Nc1nncs1)[C@@H]1CCCc2ccccc21. The zero-order valence-corrected chi connectivity index (χ0v) is 12.1. The maximum Gasteiger partial charge on any atom is 0.323 e. The van der Waals surface area contributed by atoms with Gasteiger partial charge in [0.15, 0.2) is 0 Å². The van der Waals surface area contributed by atoms with Crippen LogP contribution >= 0.6 is 11.3 Å². The maximum absolute atomic E-state index is 12.3. The van der Waals surface area contributed by atoms with Crippen LogP contribution in [0, 0.1) is 0 Å². The number of carbonyl (C=O) groups excluding carboxylic acids is 1. The molecule has 1 aliphatic carbocycles. The molecule has 0 saturated carbocycles. The number of benzene rings is 1. The molecule has 1 aliphatic rings. The third-order valence-electron chi connectivity index (χ3n) is 3.70. The number of nitrogens with one attached hydrogen (secondary N) is 1. The number of aromatic nitrogens is 2. The fourth-order valence-electron chi connectivity index (χ4n) is 2.68. The van der Waals surface area contributed by atoms with Crippen molar-refractivity contribution in [3.05, 3.63) is 40.9 Å². The molecule has 1 atom stereocenters. The number of fused-ring (bicyclic) bond motifs is 1. The number of amides is 2. The average molecular weight is 288 g/mol. The van der Waals surface area contributed by atoms with Crippen molar-refractivity contribution in [3.8, 4) is 0 Å². The van der Waals surface area contributed by atoms with Crippen LogP contribution in [-0.2, 0) is 6.42 Å². The molecule has 0 unspecified atom stereocenters. The maximum atomic E-state index is 12.3. The van der Waals surface area contributed by atoms with Crippen LogP contribution in [0.25, 0.3) is 0 Å². The summed E-state index contributed by atoms with van der Waals surface area (Å²) < 4.78 is 0. The van der Waals surface area contributed by atoms with E-state index in [0.29, 0.717) is 5.13 Å². The Labute approximate surface area is 121 Å². The fourth-order valence-corrected chi connectivity index (χ4v) is 3.11. The van der Waals surface area contributed by atoms with Crippen LogP contribution < -0.4 is 5.32 Å². The molecule has 2 aromatic rings. The van der Waals surface area contributed by atoms with E-state index in [-0.39, 0.29) is 12.1 Å². The van der Waals surface area contributed by atoms with Gasteiger partial charge in [0.1, 0.15) is 5.51 Å². The molecule has 0 spiro atoms. The summed E-state index contributed by atoms with van der Waals surface area (Å²) in [7, 11) is 1.84. The summed E-state index contributed by atoms with van der Waals surface area (Å²) in [6, 6.07) is 8.36. The molecule has 1 aromatic carbocycles. The number of carbonyl (C=O) groups is 1. The quantitative estimate of drug-likeness (QED) is 0.924. The predicted molar refractivity (Wildman–Crippen MR) is 78.8 cm³/mol. The number of nitrogens with zero attached hydrogens (tertiary/aromatic N) is 3. The normalized spacial score (nSPS) is 17.4. The molecule has 3 rings (SSSR count). The van der Waals surface area contributed by atoms with E-state index in [1.165, 1.54) is 22.5 Å². The number of urea groups is 1.